The van der Waals surface area contributed by atoms with Crippen LogP contribution in [0, 0.1) is 0 Å². The lowest BCUT2D eigenvalue weighted by Crippen LogP contribution is -2.12. The first kappa shape index (κ1) is 14.1. The van der Waals surface area contributed by atoms with Crippen LogP contribution in [-0.4, -0.2) is 10.9 Å². The van der Waals surface area contributed by atoms with Crippen molar-refractivity contribution in [1.29, 1.82) is 0 Å². The third-order valence-corrected chi connectivity index (χ3v) is 3.73. The lowest BCUT2D eigenvalue weighted by atomic mass is 10.1. The first-order valence-electron chi connectivity index (χ1n) is 7.40. The van der Waals surface area contributed by atoms with Crippen LogP contribution in [0.15, 0.2) is 76.1 Å². The van der Waals surface area contributed by atoms with Crippen molar-refractivity contribution in [3.05, 3.63) is 82.6 Å². The molecule has 0 bridgehead atoms. The SMILES string of the molecule is O=C(Nc1cnc2oc3ccccc3c(=O)c2c1)c1ccccc1. The minimum absolute atomic E-state index is 0.171. The zero-order valence-electron chi connectivity index (χ0n) is 12.5. The summed E-state index contributed by atoms with van der Waals surface area (Å²) < 4.78 is 5.65. The predicted octanol–water partition coefficient (Wildman–Crippen LogP) is 3.59. The molecule has 4 aromatic rings. The van der Waals surface area contributed by atoms with Gasteiger partial charge in [-0.15, -0.1) is 0 Å². The van der Waals surface area contributed by atoms with Crippen LogP contribution in [0.5, 0.6) is 0 Å². The van der Waals surface area contributed by atoms with Crippen LogP contribution in [-0.2, 0) is 0 Å². The van der Waals surface area contributed by atoms with E-state index in [0.717, 1.165) is 0 Å². The van der Waals surface area contributed by atoms with E-state index in [1.807, 2.05) is 6.07 Å². The summed E-state index contributed by atoms with van der Waals surface area (Å²) in [5, 5.41) is 3.56. The molecule has 1 amide bonds. The van der Waals surface area contributed by atoms with E-state index < -0.39 is 0 Å². The fourth-order valence-corrected chi connectivity index (χ4v) is 2.55. The molecule has 0 atom stereocenters. The van der Waals surface area contributed by atoms with Gasteiger partial charge in [0.15, 0.2) is 0 Å². The van der Waals surface area contributed by atoms with Crippen molar-refractivity contribution < 1.29 is 9.21 Å². The zero-order valence-corrected chi connectivity index (χ0v) is 12.5. The Morgan fingerprint density at radius 3 is 2.54 bits per heavy atom. The number of nitrogens with one attached hydrogen (secondary N) is 1. The molecule has 0 aliphatic heterocycles. The molecule has 1 N–H and O–H groups in total. The number of benzene rings is 2. The summed E-state index contributed by atoms with van der Waals surface area (Å²) >= 11 is 0. The summed E-state index contributed by atoms with van der Waals surface area (Å²) in [6.07, 6.45) is 1.47. The van der Waals surface area contributed by atoms with Gasteiger partial charge in [0, 0.05) is 5.56 Å². The molecule has 0 spiro atoms. The largest absolute Gasteiger partial charge is 0.437 e. The van der Waals surface area contributed by atoms with Gasteiger partial charge in [-0.2, -0.15) is 0 Å². The molecule has 0 fully saturated rings. The van der Waals surface area contributed by atoms with Crippen LogP contribution >= 0.6 is 0 Å². The molecule has 0 unspecified atom stereocenters. The monoisotopic (exact) mass is 316 g/mol. The van der Waals surface area contributed by atoms with Crippen LogP contribution in [0.3, 0.4) is 0 Å². The second kappa shape index (κ2) is 5.62. The fraction of sp³-hybridized carbons (Fsp3) is 0. The normalized spacial score (nSPS) is 10.8. The number of carbonyl (C=O) groups excluding carboxylic acids is 1. The molecule has 0 aliphatic carbocycles. The Morgan fingerprint density at radius 1 is 0.958 bits per heavy atom. The number of amides is 1. The number of anilines is 1. The molecule has 116 valence electrons. The van der Waals surface area contributed by atoms with E-state index in [2.05, 4.69) is 10.3 Å². The van der Waals surface area contributed by atoms with Gasteiger partial charge in [-0.1, -0.05) is 30.3 Å². The highest BCUT2D eigenvalue weighted by Gasteiger charge is 2.11. The van der Waals surface area contributed by atoms with E-state index in [9.17, 15) is 9.59 Å². The molecule has 0 radical (unpaired) electrons. The van der Waals surface area contributed by atoms with Gasteiger partial charge in [0.1, 0.15) is 5.58 Å². The lowest BCUT2D eigenvalue weighted by molar-refractivity contribution is 0.102. The third-order valence-electron chi connectivity index (χ3n) is 3.73. The first-order chi connectivity index (χ1) is 11.7. The zero-order chi connectivity index (χ0) is 16.5. The summed E-state index contributed by atoms with van der Waals surface area (Å²) in [5.74, 6) is -0.262. The van der Waals surface area contributed by atoms with E-state index in [0.29, 0.717) is 27.6 Å². The highest BCUT2D eigenvalue weighted by Crippen LogP contribution is 2.19. The number of para-hydroxylation sites is 1. The number of pyridine rings is 1. The summed E-state index contributed by atoms with van der Waals surface area (Å²) in [6.45, 7) is 0. The minimum Gasteiger partial charge on any atom is -0.437 e. The van der Waals surface area contributed by atoms with Crippen LogP contribution in [0.25, 0.3) is 22.1 Å². The maximum absolute atomic E-state index is 12.6. The molecule has 5 nitrogen and oxygen atoms in total. The van der Waals surface area contributed by atoms with Crippen molar-refractivity contribution in [1.82, 2.24) is 4.98 Å². The van der Waals surface area contributed by atoms with Crippen LogP contribution in [0.4, 0.5) is 5.69 Å². The summed E-state index contributed by atoms with van der Waals surface area (Å²) in [4.78, 5) is 28.9. The van der Waals surface area contributed by atoms with Gasteiger partial charge in [-0.05, 0) is 30.3 Å². The van der Waals surface area contributed by atoms with Crippen LogP contribution in [0.1, 0.15) is 10.4 Å². The smallest absolute Gasteiger partial charge is 0.255 e. The molecule has 0 aliphatic rings. The molecule has 4 rings (SSSR count). The Hall–Kier alpha value is -3.47. The maximum atomic E-state index is 12.6. The highest BCUT2D eigenvalue weighted by molar-refractivity contribution is 6.05. The molecule has 0 saturated carbocycles. The van der Waals surface area contributed by atoms with Gasteiger partial charge >= 0.3 is 0 Å². The van der Waals surface area contributed by atoms with Gasteiger partial charge in [-0.3, -0.25) is 9.59 Å². The van der Waals surface area contributed by atoms with Crippen LogP contribution in [0.2, 0.25) is 0 Å². The first-order valence-corrected chi connectivity index (χ1v) is 7.40. The Kier molecular flexibility index (Phi) is 3.31. The van der Waals surface area contributed by atoms with Gasteiger partial charge in [0.25, 0.3) is 5.91 Å². The molecule has 24 heavy (non-hydrogen) atoms. The van der Waals surface area contributed by atoms with E-state index >= 15 is 0 Å². The molecular formula is C19H12N2O3. The average Bonchev–Trinajstić information content (AvgIpc) is 2.63. The summed E-state index contributed by atoms with van der Waals surface area (Å²) in [7, 11) is 0. The van der Waals surface area contributed by atoms with Crippen molar-refractivity contribution >= 4 is 33.7 Å². The van der Waals surface area contributed by atoms with Crippen molar-refractivity contribution in [3.8, 4) is 0 Å². The second-order valence-corrected chi connectivity index (χ2v) is 5.32. The molecule has 2 aromatic heterocycles. The number of hydrogen-bond donors (Lipinski definition) is 1. The molecule has 2 heterocycles. The number of hydrogen-bond acceptors (Lipinski definition) is 4. The number of carbonyl (C=O) groups is 1. The second-order valence-electron chi connectivity index (χ2n) is 5.32. The van der Waals surface area contributed by atoms with E-state index in [-0.39, 0.29) is 17.0 Å². The van der Waals surface area contributed by atoms with E-state index in [1.54, 1.807) is 54.6 Å². The summed E-state index contributed by atoms with van der Waals surface area (Å²) in [6, 6.07) is 17.4. The third kappa shape index (κ3) is 2.42. The Morgan fingerprint density at radius 2 is 1.71 bits per heavy atom. The molecular weight excluding hydrogens is 304 g/mol. The van der Waals surface area contributed by atoms with Crippen molar-refractivity contribution in [3.63, 3.8) is 0 Å². The van der Waals surface area contributed by atoms with Crippen molar-refractivity contribution in [2.45, 2.75) is 0 Å². The minimum atomic E-state index is -0.262. The number of aromatic nitrogens is 1. The lowest BCUT2D eigenvalue weighted by Gasteiger charge is -2.06. The van der Waals surface area contributed by atoms with Gasteiger partial charge < -0.3 is 9.73 Å². The number of nitrogens with zero attached hydrogens (tertiary/aromatic N) is 1. The van der Waals surface area contributed by atoms with Crippen molar-refractivity contribution in [2.75, 3.05) is 5.32 Å². The van der Waals surface area contributed by atoms with Crippen LogP contribution < -0.4 is 10.7 Å². The molecule has 0 saturated heterocycles. The maximum Gasteiger partial charge on any atom is 0.255 e. The predicted molar refractivity (Wildman–Crippen MR) is 92.2 cm³/mol. The Bertz CT molecular complexity index is 1120. The van der Waals surface area contributed by atoms with E-state index in [1.165, 1.54) is 6.20 Å². The number of rotatable bonds is 2. The van der Waals surface area contributed by atoms with Gasteiger partial charge in [-0.25, -0.2) is 4.98 Å². The molecule has 5 heteroatoms. The van der Waals surface area contributed by atoms with Crippen molar-refractivity contribution in [2.24, 2.45) is 0 Å². The number of fused-ring (bicyclic) bond motifs is 2. The summed E-state index contributed by atoms with van der Waals surface area (Å²) in [5.41, 5.74) is 1.54. The highest BCUT2D eigenvalue weighted by atomic mass is 16.3. The standard InChI is InChI=1S/C19H12N2O3/c22-17-14-8-4-5-9-16(14)24-19-15(17)10-13(11-20-19)21-18(23)12-6-2-1-3-7-12/h1-11H,(H,21,23). The quantitative estimate of drug-likeness (QED) is 0.574. The Balaban J connectivity index is 1.78. The fourth-order valence-electron chi connectivity index (χ4n) is 2.55. The topological polar surface area (TPSA) is 72.2 Å². The van der Waals surface area contributed by atoms with Gasteiger partial charge in [0.2, 0.25) is 11.1 Å². The average molecular weight is 316 g/mol. The Labute approximate surface area is 136 Å². The van der Waals surface area contributed by atoms with E-state index in [4.69, 9.17) is 4.42 Å². The van der Waals surface area contributed by atoms with Gasteiger partial charge in [0.05, 0.1) is 22.7 Å². The molecule has 2 aromatic carbocycles.